The van der Waals surface area contributed by atoms with Gasteiger partial charge in [-0.1, -0.05) is 32.9 Å². The molecule has 0 amide bonds. The summed E-state index contributed by atoms with van der Waals surface area (Å²) >= 11 is 0. The maximum absolute atomic E-state index is 5.58. The number of fused-ring (bicyclic) bond motifs is 1. The molecule has 1 aliphatic rings. The highest BCUT2D eigenvalue weighted by Gasteiger charge is 2.25. The van der Waals surface area contributed by atoms with Crippen molar-refractivity contribution in [3.63, 3.8) is 0 Å². The molecule has 0 spiro atoms. The van der Waals surface area contributed by atoms with Gasteiger partial charge < -0.3 is 4.74 Å². The molecule has 0 fully saturated rings. The van der Waals surface area contributed by atoms with Crippen molar-refractivity contribution in [3.8, 4) is 5.75 Å². The molecule has 0 bridgehead atoms. The van der Waals surface area contributed by atoms with Crippen molar-refractivity contribution in [2.24, 2.45) is 0 Å². The molecule has 14 heavy (non-hydrogen) atoms. The average Bonchev–Trinajstić information content (AvgIpc) is 2.64. The molecule has 1 aromatic rings. The van der Waals surface area contributed by atoms with Gasteiger partial charge in [0.2, 0.25) is 0 Å². The minimum atomic E-state index is 0.277. The van der Waals surface area contributed by atoms with Crippen LogP contribution in [0.15, 0.2) is 18.2 Å². The van der Waals surface area contributed by atoms with Crippen molar-refractivity contribution >= 4 is 0 Å². The van der Waals surface area contributed by atoms with E-state index in [1.54, 1.807) is 0 Å². The SMILES string of the molecule is CCC(C)(C)c1cccc2c1CCO2. The highest BCUT2D eigenvalue weighted by Crippen LogP contribution is 2.36. The molecule has 0 atom stereocenters. The van der Waals surface area contributed by atoms with Crippen LogP contribution in [-0.4, -0.2) is 6.61 Å². The third kappa shape index (κ3) is 1.41. The Morgan fingerprint density at radius 3 is 2.86 bits per heavy atom. The lowest BCUT2D eigenvalue weighted by molar-refractivity contribution is 0.357. The second-order valence-corrected chi connectivity index (χ2v) is 4.62. The zero-order valence-corrected chi connectivity index (χ0v) is 9.26. The highest BCUT2D eigenvalue weighted by molar-refractivity contribution is 5.45. The van der Waals surface area contributed by atoms with Gasteiger partial charge in [-0.05, 0) is 23.5 Å². The normalized spacial score (nSPS) is 15.1. The second-order valence-electron chi connectivity index (χ2n) is 4.62. The number of hydrogen-bond acceptors (Lipinski definition) is 1. The first kappa shape index (κ1) is 9.57. The summed E-state index contributed by atoms with van der Waals surface area (Å²) in [6.45, 7) is 7.71. The second kappa shape index (κ2) is 3.30. The van der Waals surface area contributed by atoms with E-state index in [2.05, 4.69) is 39.0 Å². The van der Waals surface area contributed by atoms with Gasteiger partial charge in [-0.15, -0.1) is 0 Å². The molecule has 76 valence electrons. The summed E-state index contributed by atoms with van der Waals surface area (Å²) in [7, 11) is 0. The van der Waals surface area contributed by atoms with Crippen molar-refractivity contribution in [2.45, 2.75) is 39.0 Å². The van der Waals surface area contributed by atoms with E-state index < -0.39 is 0 Å². The van der Waals surface area contributed by atoms with Crippen molar-refractivity contribution < 1.29 is 4.74 Å². The summed E-state index contributed by atoms with van der Waals surface area (Å²) in [6, 6.07) is 6.44. The summed E-state index contributed by atoms with van der Waals surface area (Å²) in [6.07, 6.45) is 2.25. The van der Waals surface area contributed by atoms with Crippen LogP contribution < -0.4 is 4.74 Å². The zero-order valence-electron chi connectivity index (χ0n) is 9.26. The summed E-state index contributed by atoms with van der Waals surface area (Å²) in [4.78, 5) is 0. The van der Waals surface area contributed by atoms with Crippen molar-refractivity contribution in [2.75, 3.05) is 6.61 Å². The third-order valence-electron chi connectivity index (χ3n) is 3.36. The fraction of sp³-hybridized carbons (Fsp3) is 0.538. The predicted octanol–water partition coefficient (Wildman–Crippen LogP) is 3.31. The Morgan fingerprint density at radius 2 is 2.14 bits per heavy atom. The molecule has 0 radical (unpaired) electrons. The van der Waals surface area contributed by atoms with E-state index in [0.29, 0.717) is 0 Å². The van der Waals surface area contributed by atoms with Gasteiger partial charge >= 0.3 is 0 Å². The predicted molar refractivity (Wildman–Crippen MR) is 59.0 cm³/mol. The van der Waals surface area contributed by atoms with Gasteiger partial charge in [0.15, 0.2) is 0 Å². The fourth-order valence-electron chi connectivity index (χ4n) is 2.05. The fourth-order valence-corrected chi connectivity index (χ4v) is 2.05. The van der Waals surface area contributed by atoms with Gasteiger partial charge in [-0.25, -0.2) is 0 Å². The summed E-state index contributed by atoms with van der Waals surface area (Å²) in [5, 5.41) is 0. The lowest BCUT2D eigenvalue weighted by Crippen LogP contribution is -2.17. The Hall–Kier alpha value is -0.980. The van der Waals surface area contributed by atoms with Crippen LogP contribution >= 0.6 is 0 Å². The minimum absolute atomic E-state index is 0.277. The van der Waals surface area contributed by atoms with Crippen LogP contribution in [0, 0.1) is 0 Å². The van der Waals surface area contributed by atoms with Crippen LogP contribution in [0.1, 0.15) is 38.3 Å². The first-order chi connectivity index (χ1) is 6.65. The molecular formula is C13H18O. The molecule has 1 nitrogen and oxygen atoms in total. The molecule has 1 heterocycles. The zero-order chi connectivity index (χ0) is 10.2. The molecule has 0 saturated carbocycles. The van der Waals surface area contributed by atoms with Crippen LogP contribution in [-0.2, 0) is 11.8 Å². The molecular weight excluding hydrogens is 172 g/mol. The summed E-state index contributed by atoms with van der Waals surface area (Å²) < 4.78 is 5.58. The van der Waals surface area contributed by atoms with Crippen LogP contribution in [0.4, 0.5) is 0 Å². The average molecular weight is 190 g/mol. The first-order valence-corrected chi connectivity index (χ1v) is 5.40. The van der Waals surface area contributed by atoms with Crippen LogP contribution in [0.25, 0.3) is 0 Å². The van der Waals surface area contributed by atoms with E-state index in [-0.39, 0.29) is 5.41 Å². The van der Waals surface area contributed by atoms with Crippen LogP contribution in [0.3, 0.4) is 0 Å². The molecule has 1 aromatic carbocycles. The standard InChI is InChI=1S/C13H18O/c1-4-13(2,3)11-6-5-7-12-10(11)8-9-14-12/h5-7H,4,8-9H2,1-3H3. The quantitative estimate of drug-likeness (QED) is 0.695. The van der Waals surface area contributed by atoms with Crippen molar-refractivity contribution in [1.29, 1.82) is 0 Å². The Kier molecular flexibility index (Phi) is 2.26. The van der Waals surface area contributed by atoms with Gasteiger partial charge in [0, 0.05) is 12.0 Å². The van der Waals surface area contributed by atoms with Crippen molar-refractivity contribution in [1.82, 2.24) is 0 Å². The van der Waals surface area contributed by atoms with Crippen LogP contribution in [0.2, 0.25) is 0 Å². The number of rotatable bonds is 2. The van der Waals surface area contributed by atoms with Gasteiger partial charge in [-0.3, -0.25) is 0 Å². The Balaban J connectivity index is 2.49. The highest BCUT2D eigenvalue weighted by atomic mass is 16.5. The lowest BCUT2D eigenvalue weighted by atomic mass is 9.79. The van der Waals surface area contributed by atoms with E-state index in [1.165, 1.54) is 17.5 Å². The molecule has 0 N–H and O–H groups in total. The maximum Gasteiger partial charge on any atom is 0.122 e. The Labute approximate surface area is 86.1 Å². The minimum Gasteiger partial charge on any atom is -0.493 e. The largest absolute Gasteiger partial charge is 0.493 e. The first-order valence-electron chi connectivity index (χ1n) is 5.40. The summed E-state index contributed by atoms with van der Waals surface area (Å²) in [5.41, 5.74) is 3.17. The summed E-state index contributed by atoms with van der Waals surface area (Å²) in [5.74, 6) is 1.10. The molecule has 1 heteroatoms. The van der Waals surface area contributed by atoms with E-state index in [4.69, 9.17) is 4.74 Å². The number of ether oxygens (including phenoxy) is 1. The number of benzene rings is 1. The van der Waals surface area contributed by atoms with Crippen LogP contribution in [0.5, 0.6) is 5.75 Å². The smallest absolute Gasteiger partial charge is 0.122 e. The Morgan fingerprint density at radius 1 is 1.36 bits per heavy atom. The molecule has 1 aliphatic heterocycles. The maximum atomic E-state index is 5.58. The molecule has 2 rings (SSSR count). The molecule has 0 saturated heterocycles. The Bertz CT molecular complexity index is 339. The third-order valence-corrected chi connectivity index (χ3v) is 3.36. The van der Waals surface area contributed by atoms with E-state index in [9.17, 15) is 0 Å². The molecule has 0 unspecified atom stereocenters. The van der Waals surface area contributed by atoms with Gasteiger partial charge in [-0.2, -0.15) is 0 Å². The number of hydrogen-bond donors (Lipinski definition) is 0. The molecule has 0 aliphatic carbocycles. The topological polar surface area (TPSA) is 9.23 Å². The lowest BCUT2D eigenvalue weighted by Gasteiger charge is -2.25. The van der Waals surface area contributed by atoms with E-state index >= 15 is 0 Å². The monoisotopic (exact) mass is 190 g/mol. The van der Waals surface area contributed by atoms with E-state index in [0.717, 1.165) is 18.8 Å². The van der Waals surface area contributed by atoms with Crippen molar-refractivity contribution in [3.05, 3.63) is 29.3 Å². The molecule has 0 aromatic heterocycles. The van der Waals surface area contributed by atoms with Gasteiger partial charge in [0.05, 0.1) is 6.61 Å². The van der Waals surface area contributed by atoms with Gasteiger partial charge in [0.25, 0.3) is 0 Å². The van der Waals surface area contributed by atoms with E-state index in [1.807, 2.05) is 0 Å². The van der Waals surface area contributed by atoms with Gasteiger partial charge in [0.1, 0.15) is 5.75 Å².